The number of aromatic nitrogens is 2. The van der Waals surface area contributed by atoms with Gasteiger partial charge in [-0.2, -0.15) is 0 Å². The van der Waals surface area contributed by atoms with Crippen molar-refractivity contribution in [2.45, 2.75) is 6.92 Å². The molecule has 0 saturated heterocycles. The second kappa shape index (κ2) is 2.50. The van der Waals surface area contributed by atoms with Gasteiger partial charge in [0.05, 0.1) is 11.2 Å². The van der Waals surface area contributed by atoms with E-state index in [1.165, 1.54) is 6.20 Å². The predicted octanol–water partition coefficient (Wildman–Crippen LogP) is 2.09. The van der Waals surface area contributed by atoms with Crippen molar-refractivity contribution in [3.05, 3.63) is 22.2 Å². The summed E-state index contributed by atoms with van der Waals surface area (Å²) in [4.78, 5) is 7.61. The summed E-state index contributed by atoms with van der Waals surface area (Å²) < 4.78 is 0. The van der Waals surface area contributed by atoms with E-state index in [4.69, 9.17) is 23.2 Å². The molecule has 0 aliphatic carbocycles. The second-order valence-corrected chi connectivity index (χ2v) is 2.32. The van der Waals surface area contributed by atoms with Crippen molar-refractivity contribution in [2.75, 3.05) is 0 Å². The smallest absolute Gasteiger partial charge is 0.151 e. The van der Waals surface area contributed by atoms with Gasteiger partial charge in [0, 0.05) is 0 Å². The summed E-state index contributed by atoms with van der Waals surface area (Å²) in [6.45, 7) is 1.75. The van der Waals surface area contributed by atoms with Crippen molar-refractivity contribution in [1.82, 2.24) is 9.97 Å². The van der Waals surface area contributed by atoms with Crippen LogP contribution in [0.15, 0.2) is 6.20 Å². The van der Waals surface area contributed by atoms with Crippen LogP contribution < -0.4 is 0 Å². The molecule has 0 N–H and O–H groups in total. The first-order valence-corrected chi connectivity index (χ1v) is 3.10. The van der Waals surface area contributed by atoms with Gasteiger partial charge in [0.1, 0.15) is 5.82 Å². The fourth-order valence-electron chi connectivity index (χ4n) is 0.428. The Morgan fingerprint density at radius 1 is 1.44 bits per heavy atom. The zero-order chi connectivity index (χ0) is 6.85. The Balaban J connectivity index is 3.17. The van der Waals surface area contributed by atoms with E-state index in [1.54, 1.807) is 6.92 Å². The van der Waals surface area contributed by atoms with E-state index in [0.29, 0.717) is 16.0 Å². The minimum atomic E-state index is 0.309. The van der Waals surface area contributed by atoms with Gasteiger partial charge in [-0.25, -0.2) is 9.97 Å². The van der Waals surface area contributed by atoms with E-state index in [-0.39, 0.29) is 0 Å². The number of hydrogen-bond donors (Lipinski definition) is 0. The van der Waals surface area contributed by atoms with Gasteiger partial charge in [-0.3, -0.25) is 0 Å². The lowest BCUT2D eigenvalue weighted by molar-refractivity contribution is 1.05. The van der Waals surface area contributed by atoms with Crippen LogP contribution in [0.4, 0.5) is 0 Å². The third-order valence-corrected chi connectivity index (χ3v) is 1.48. The lowest BCUT2D eigenvalue weighted by Gasteiger charge is -1.92. The molecule has 0 amide bonds. The summed E-state index contributed by atoms with van der Waals surface area (Å²) in [5, 5.41) is 0.700. The lowest BCUT2D eigenvalue weighted by atomic mass is 10.6. The molecule has 1 aromatic heterocycles. The molecule has 1 rings (SSSR count). The first-order chi connectivity index (χ1) is 4.20. The molecule has 4 heteroatoms. The van der Waals surface area contributed by atoms with Gasteiger partial charge in [-0.15, -0.1) is 0 Å². The van der Waals surface area contributed by atoms with E-state index in [1.807, 2.05) is 0 Å². The Labute approximate surface area is 62.8 Å². The Morgan fingerprint density at radius 3 is 2.56 bits per heavy atom. The molecule has 0 aliphatic heterocycles. The maximum atomic E-state index is 5.53. The van der Waals surface area contributed by atoms with E-state index in [9.17, 15) is 0 Å². The third-order valence-electron chi connectivity index (χ3n) is 0.822. The van der Waals surface area contributed by atoms with Crippen LogP contribution in [0.5, 0.6) is 0 Å². The predicted molar refractivity (Wildman–Crippen MR) is 36.8 cm³/mol. The monoisotopic (exact) mass is 162 g/mol. The van der Waals surface area contributed by atoms with Gasteiger partial charge >= 0.3 is 0 Å². The van der Waals surface area contributed by atoms with Crippen LogP contribution in [0.25, 0.3) is 0 Å². The molecular formula is C5H4Cl2N2. The van der Waals surface area contributed by atoms with Gasteiger partial charge in [0.15, 0.2) is 5.15 Å². The summed E-state index contributed by atoms with van der Waals surface area (Å²) in [6, 6.07) is 0. The largest absolute Gasteiger partial charge is 0.240 e. The minimum absolute atomic E-state index is 0.309. The molecule has 9 heavy (non-hydrogen) atoms. The van der Waals surface area contributed by atoms with Crippen LogP contribution in [0.1, 0.15) is 5.82 Å². The van der Waals surface area contributed by atoms with Crippen LogP contribution >= 0.6 is 23.2 Å². The number of nitrogens with zero attached hydrogens (tertiary/aromatic N) is 2. The summed E-state index contributed by atoms with van der Waals surface area (Å²) in [7, 11) is 0. The summed E-state index contributed by atoms with van der Waals surface area (Å²) in [6.07, 6.45) is 1.48. The Morgan fingerprint density at radius 2 is 2.11 bits per heavy atom. The normalized spacial score (nSPS) is 9.67. The maximum Gasteiger partial charge on any atom is 0.151 e. The molecule has 0 fully saturated rings. The molecule has 1 aromatic rings. The zero-order valence-corrected chi connectivity index (χ0v) is 6.24. The van der Waals surface area contributed by atoms with Crippen molar-refractivity contribution >= 4 is 23.2 Å². The van der Waals surface area contributed by atoms with Crippen molar-refractivity contribution in [3.8, 4) is 0 Å². The van der Waals surface area contributed by atoms with Crippen molar-refractivity contribution in [2.24, 2.45) is 0 Å². The number of aryl methyl sites for hydroxylation is 1. The van der Waals surface area contributed by atoms with Crippen LogP contribution in [-0.2, 0) is 0 Å². The van der Waals surface area contributed by atoms with Crippen molar-refractivity contribution < 1.29 is 0 Å². The molecule has 0 atom stereocenters. The third kappa shape index (κ3) is 1.53. The maximum absolute atomic E-state index is 5.53. The Bertz CT molecular complexity index is 224. The first kappa shape index (κ1) is 6.78. The molecular weight excluding hydrogens is 159 g/mol. The molecule has 0 unspecified atom stereocenters. The number of hydrogen-bond acceptors (Lipinski definition) is 2. The highest BCUT2D eigenvalue weighted by molar-refractivity contribution is 6.41. The number of halogens is 2. The highest BCUT2D eigenvalue weighted by Crippen LogP contribution is 2.16. The van der Waals surface area contributed by atoms with Crippen molar-refractivity contribution in [3.63, 3.8) is 0 Å². The average Bonchev–Trinajstić information content (AvgIpc) is 1.80. The highest BCUT2D eigenvalue weighted by Gasteiger charge is 1.96. The van der Waals surface area contributed by atoms with Crippen LogP contribution in [0.3, 0.4) is 0 Å². The summed E-state index contributed by atoms with van der Waals surface area (Å²) >= 11 is 11.1. The zero-order valence-electron chi connectivity index (χ0n) is 4.73. The second-order valence-electron chi connectivity index (χ2n) is 1.56. The molecule has 1 heterocycles. The quantitative estimate of drug-likeness (QED) is 0.547. The average molecular weight is 163 g/mol. The molecule has 2 nitrogen and oxygen atoms in total. The standard InChI is InChI=1S/C5H4Cl2N2/c1-3-8-2-4(6)5(7)9-3/h2H,1H3. The van der Waals surface area contributed by atoms with E-state index >= 15 is 0 Å². The summed E-state index contributed by atoms with van der Waals surface area (Å²) in [5.41, 5.74) is 0. The fourth-order valence-corrected chi connectivity index (χ4v) is 0.690. The Kier molecular flexibility index (Phi) is 1.88. The van der Waals surface area contributed by atoms with E-state index < -0.39 is 0 Å². The molecule has 0 bridgehead atoms. The van der Waals surface area contributed by atoms with Gasteiger partial charge in [0.2, 0.25) is 0 Å². The molecule has 0 aromatic carbocycles. The SMILES string of the molecule is Cc1ncc(Cl)c(Cl)n1. The molecule has 0 saturated carbocycles. The first-order valence-electron chi connectivity index (χ1n) is 2.35. The van der Waals surface area contributed by atoms with Crippen LogP contribution in [0.2, 0.25) is 10.2 Å². The minimum Gasteiger partial charge on any atom is -0.240 e. The number of rotatable bonds is 0. The fraction of sp³-hybridized carbons (Fsp3) is 0.200. The highest BCUT2D eigenvalue weighted by atomic mass is 35.5. The van der Waals surface area contributed by atoms with Gasteiger partial charge in [-0.1, -0.05) is 23.2 Å². The molecule has 0 spiro atoms. The van der Waals surface area contributed by atoms with Gasteiger partial charge in [0.25, 0.3) is 0 Å². The van der Waals surface area contributed by atoms with Crippen LogP contribution in [-0.4, -0.2) is 9.97 Å². The van der Waals surface area contributed by atoms with Gasteiger partial charge < -0.3 is 0 Å². The molecule has 48 valence electrons. The molecule has 0 radical (unpaired) electrons. The van der Waals surface area contributed by atoms with E-state index in [0.717, 1.165) is 0 Å². The van der Waals surface area contributed by atoms with Crippen LogP contribution in [0, 0.1) is 6.92 Å². The molecule has 0 aliphatic rings. The van der Waals surface area contributed by atoms with E-state index in [2.05, 4.69) is 9.97 Å². The summed E-state index contributed by atoms with van der Waals surface area (Å²) in [5.74, 6) is 0.629. The Hall–Kier alpha value is -0.340. The lowest BCUT2D eigenvalue weighted by Crippen LogP contribution is -1.85. The van der Waals surface area contributed by atoms with Crippen molar-refractivity contribution in [1.29, 1.82) is 0 Å². The topological polar surface area (TPSA) is 25.8 Å². The van der Waals surface area contributed by atoms with Gasteiger partial charge in [-0.05, 0) is 6.92 Å².